The van der Waals surface area contributed by atoms with Crippen molar-refractivity contribution in [1.82, 2.24) is 19.7 Å². The lowest BCUT2D eigenvalue weighted by atomic mass is 9.95. The first-order valence-corrected chi connectivity index (χ1v) is 7.13. The predicted molar refractivity (Wildman–Crippen MR) is 68.3 cm³/mol. The van der Waals surface area contributed by atoms with E-state index in [1.165, 1.54) is 12.8 Å². The summed E-state index contributed by atoms with van der Waals surface area (Å²) >= 11 is 0. The Hall–Kier alpha value is -0.940. The van der Waals surface area contributed by atoms with E-state index in [1.54, 1.807) is 0 Å². The molecular weight excluding hydrogens is 228 g/mol. The summed E-state index contributed by atoms with van der Waals surface area (Å²) < 4.78 is 2.17. The molecule has 100 valence electrons. The van der Waals surface area contributed by atoms with Crippen LogP contribution in [-0.4, -0.2) is 44.4 Å². The summed E-state index contributed by atoms with van der Waals surface area (Å²) in [7, 11) is 0. The fraction of sp³-hybridized carbons (Fsp3) is 0.846. The second-order valence-electron chi connectivity index (χ2n) is 5.43. The Labute approximate surface area is 108 Å². The lowest BCUT2D eigenvalue weighted by Crippen LogP contribution is -2.33. The van der Waals surface area contributed by atoms with Crippen LogP contribution in [0.1, 0.15) is 56.3 Å². The highest BCUT2D eigenvalue weighted by atomic mass is 16.3. The summed E-state index contributed by atoms with van der Waals surface area (Å²) in [6.07, 6.45) is 3.79. The van der Waals surface area contributed by atoms with Gasteiger partial charge in [0.15, 0.2) is 5.82 Å². The van der Waals surface area contributed by atoms with Gasteiger partial charge in [0.1, 0.15) is 11.9 Å². The van der Waals surface area contributed by atoms with Crippen molar-refractivity contribution in [3.05, 3.63) is 11.6 Å². The van der Waals surface area contributed by atoms with Crippen molar-refractivity contribution in [2.24, 2.45) is 0 Å². The summed E-state index contributed by atoms with van der Waals surface area (Å²) in [5.74, 6) is 2.42. The standard InChI is InChI=1S/C13H22N4O/c1-2-16-8-5-10(6-9-16)12-14-15-13-11(18)4-3-7-17(12)13/h10-11,18H,2-9H2,1H3. The van der Waals surface area contributed by atoms with Gasteiger partial charge in [-0.3, -0.25) is 0 Å². The van der Waals surface area contributed by atoms with Gasteiger partial charge in [-0.25, -0.2) is 0 Å². The number of hydrogen-bond donors (Lipinski definition) is 1. The number of aliphatic hydroxyl groups is 1. The van der Waals surface area contributed by atoms with Crippen LogP contribution in [0, 0.1) is 0 Å². The van der Waals surface area contributed by atoms with E-state index in [0.717, 1.165) is 50.7 Å². The van der Waals surface area contributed by atoms with E-state index in [2.05, 4.69) is 26.6 Å². The monoisotopic (exact) mass is 250 g/mol. The van der Waals surface area contributed by atoms with Gasteiger partial charge < -0.3 is 14.6 Å². The lowest BCUT2D eigenvalue weighted by Gasteiger charge is -2.31. The lowest BCUT2D eigenvalue weighted by molar-refractivity contribution is 0.131. The molecule has 18 heavy (non-hydrogen) atoms. The van der Waals surface area contributed by atoms with Crippen LogP contribution >= 0.6 is 0 Å². The Morgan fingerprint density at radius 1 is 1.11 bits per heavy atom. The summed E-state index contributed by atoms with van der Waals surface area (Å²) in [5.41, 5.74) is 0. The predicted octanol–water partition coefficient (Wildman–Crippen LogP) is 1.30. The van der Waals surface area contributed by atoms with E-state index in [9.17, 15) is 5.11 Å². The molecule has 1 fully saturated rings. The number of hydrogen-bond acceptors (Lipinski definition) is 4. The molecule has 0 aliphatic carbocycles. The quantitative estimate of drug-likeness (QED) is 0.859. The Morgan fingerprint density at radius 2 is 1.83 bits per heavy atom. The SMILES string of the molecule is CCN1CCC(c2nnc3n2CCCC3O)CC1. The Kier molecular flexibility index (Phi) is 3.35. The molecule has 5 nitrogen and oxygen atoms in total. The number of piperidine rings is 1. The van der Waals surface area contributed by atoms with Crippen LogP contribution in [0.25, 0.3) is 0 Å². The number of aromatic nitrogens is 3. The van der Waals surface area contributed by atoms with Crippen LogP contribution in [0.15, 0.2) is 0 Å². The van der Waals surface area contributed by atoms with Crippen molar-refractivity contribution in [2.75, 3.05) is 19.6 Å². The van der Waals surface area contributed by atoms with Gasteiger partial charge >= 0.3 is 0 Å². The number of rotatable bonds is 2. The molecule has 3 rings (SSSR count). The topological polar surface area (TPSA) is 54.2 Å². The minimum atomic E-state index is -0.407. The van der Waals surface area contributed by atoms with Crippen LogP contribution in [-0.2, 0) is 6.54 Å². The second kappa shape index (κ2) is 4.97. The fourth-order valence-electron chi connectivity index (χ4n) is 3.18. The molecule has 1 N–H and O–H groups in total. The smallest absolute Gasteiger partial charge is 0.161 e. The summed E-state index contributed by atoms with van der Waals surface area (Å²) in [6, 6.07) is 0. The summed E-state index contributed by atoms with van der Waals surface area (Å²) in [4.78, 5) is 2.48. The molecule has 1 unspecified atom stereocenters. The molecule has 0 radical (unpaired) electrons. The largest absolute Gasteiger partial charge is 0.385 e. The molecular formula is C13H22N4O. The van der Waals surface area contributed by atoms with Crippen molar-refractivity contribution >= 4 is 0 Å². The number of nitrogens with zero attached hydrogens (tertiary/aromatic N) is 4. The molecule has 3 heterocycles. The summed E-state index contributed by atoms with van der Waals surface area (Å²) in [5, 5.41) is 18.5. The highest BCUT2D eigenvalue weighted by Crippen LogP contribution is 2.31. The first-order chi connectivity index (χ1) is 8.79. The molecule has 0 saturated carbocycles. The Bertz CT molecular complexity index is 409. The number of aliphatic hydroxyl groups excluding tert-OH is 1. The third-order valence-corrected chi connectivity index (χ3v) is 4.37. The van der Waals surface area contributed by atoms with Crippen molar-refractivity contribution in [3.8, 4) is 0 Å². The third-order valence-electron chi connectivity index (χ3n) is 4.37. The second-order valence-corrected chi connectivity index (χ2v) is 5.43. The first kappa shape index (κ1) is 12.1. The maximum atomic E-state index is 9.92. The van der Waals surface area contributed by atoms with Gasteiger partial charge in [0.05, 0.1) is 0 Å². The third kappa shape index (κ3) is 2.06. The molecule has 0 bridgehead atoms. The molecule has 1 atom stereocenters. The van der Waals surface area contributed by atoms with Crippen LogP contribution in [0.4, 0.5) is 0 Å². The molecule has 5 heteroatoms. The molecule has 1 aromatic heterocycles. The zero-order valence-corrected chi connectivity index (χ0v) is 11.0. The van der Waals surface area contributed by atoms with Crippen LogP contribution in [0.2, 0.25) is 0 Å². The van der Waals surface area contributed by atoms with Crippen LogP contribution in [0.5, 0.6) is 0 Å². The van der Waals surface area contributed by atoms with Crippen molar-refractivity contribution in [1.29, 1.82) is 0 Å². The van der Waals surface area contributed by atoms with Gasteiger partial charge in [-0.1, -0.05) is 6.92 Å². The molecule has 2 aliphatic heterocycles. The average molecular weight is 250 g/mol. The fourth-order valence-corrected chi connectivity index (χ4v) is 3.18. The molecule has 2 aliphatic rings. The molecule has 0 aromatic carbocycles. The van der Waals surface area contributed by atoms with Gasteiger partial charge in [-0.2, -0.15) is 0 Å². The van der Waals surface area contributed by atoms with E-state index < -0.39 is 6.10 Å². The van der Waals surface area contributed by atoms with Gasteiger partial charge in [0.2, 0.25) is 0 Å². The van der Waals surface area contributed by atoms with Gasteiger partial charge in [0.25, 0.3) is 0 Å². The van der Waals surface area contributed by atoms with Crippen molar-refractivity contribution in [2.45, 2.75) is 51.2 Å². The van der Waals surface area contributed by atoms with Crippen molar-refractivity contribution < 1.29 is 5.11 Å². The molecule has 0 amide bonds. The normalized spacial score (nSPS) is 26.2. The zero-order chi connectivity index (χ0) is 12.5. The van der Waals surface area contributed by atoms with E-state index in [-0.39, 0.29) is 0 Å². The molecule has 1 aromatic rings. The number of likely N-dealkylation sites (tertiary alicyclic amines) is 1. The van der Waals surface area contributed by atoms with Crippen LogP contribution < -0.4 is 0 Å². The minimum Gasteiger partial charge on any atom is -0.385 e. The molecule has 1 saturated heterocycles. The van der Waals surface area contributed by atoms with Gasteiger partial charge in [-0.05, 0) is 45.3 Å². The first-order valence-electron chi connectivity index (χ1n) is 7.13. The molecule has 0 spiro atoms. The maximum absolute atomic E-state index is 9.92. The Morgan fingerprint density at radius 3 is 2.56 bits per heavy atom. The minimum absolute atomic E-state index is 0.407. The van der Waals surface area contributed by atoms with Crippen molar-refractivity contribution in [3.63, 3.8) is 0 Å². The Balaban J connectivity index is 1.77. The van der Waals surface area contributed by atoms with E-state index in [1.807, 2.05) is 0 Å². The van der Waals surface area contributed by atoms with E-state index >= 15 is 0 Å². The highest BCUT2D eigenvalue weighted by molar-refractivity contribution is 5.07. The van der Waals surface area contributed by atoms with E-state index in [4.69, 9.17) is 0 Å². The zero-order valence-electron chi connectivity index (χ0n) is 11.0. The highest BCUT2D eigenvalue weighted by Gasteiger charge is 2.29. The van der Waals surface area contributed by atoms with Gasteiger partial charge in [0, 0.05) is 12.5 Å². The maximum Gasteiger partial charge on any atom is 0.161 e. The average Bonchev–Trinajstić information content (AvgIpc) is 2.84. The van der Waals surface area contributed by atoms with E-state index in [0.29, 0.717) is 5.92 Å². The number of fused-ring (bicyclic) bond motifs is 1. The van der Waals surface area contributed by atoms with Gasteiger partial charge in [-0.15, -0.1) is 10.2 Å². The summed E-state index contributed by atoms with van der Waals surface area (Å²) in [6.45, 7) is 6.65. The van der Waals surface area contributed by atoms with Crippen LogP contribution in [0.3, 0.4) is 0 Å².